The quantitative estimate of drug-likeness (QED) is 0.251. The Bertz CT molecular complexity index is 1660. The third-order valence-electron chi connectivity index (χ3n) is 7.50. The predicted molar refractivity (Wildman–Crippen MR) is 162 cm³/mol. The normalized spacial score (nSPS) is 16.5. The number of anilines is 1. The van der Waals surface area contributed by atoms with Crippen LogP contribution in [0.3, 0.4) is 0 Å². The fourth-order valence-electron chi connectivity index (χ4n) is 5.08. The highest BCUT2D eigenvalue weighted by molar-refractivity contribution is 7.23. The molecule has 10 heteroatoms. The highest BCUT2D eigenvalue weighted by atomic mass is 32.1. The number of imidazole rings is 1. The number of nitrogens with one attached hydrogen (secondary N) is 1. The topological polar surface area (TPSA) is 97.8 Å². The molecule has 5 heterocycles. The first-order chi connectivity index (χ1) is 19.7. The smallest absolute Gasteiger partial charge is 0.196 e. The summed E-state index contributed by atoms with van der Waals surface area (Å²) in [6.45, 7) is 12.8. The van der Waals surface area contributed by atoms with Gasteiger partial charge in [0.2, 0.25) is 0 Å². The van der Waals surface area contributed by atoms with Crippen LogP contribution >= 0.6 is 11.3 Å². The van der Waals surface area contributed by atoms with Crippen LogP contribution in [-0.4, -0.2) is 69.1 Å². The summed E-state index contributed by atoms with van der Waals surface area (Å²) in [5.74, 6) is 1.78. The molecule has 41 heavy (non-hydrogen) atoms. The Hall–Kier alpha value is -3.60. The van der Waals surface area contributed by atoms with Crippen molar-refractivity contribution in [1.82, 2.24) is 24.4 Å². The molecular formula is C31H36N6O3S. The number of nitrogens with zero attached hydrogens (tertiary/aromatic N) is 5. The van der Waals surface area contributed by atoms with Gasteiger partial charge >= 0.3 is 0 Å². The van der Waals surface area contributed by atoms with Crippen molar-refractivity contribution < 1.29 is 14.1 Å². The average Bonchev–Trinajstić information content (AvgIpc) is 3.65. The molecule has 214 valence electrons. The predicted octanol–water partition coefficient (Wildman–Crippen LogP) is 5.38. The summed E-state index contributed by atoms with van der Waals surface area (Å²) in [6, 6.07) is 14.5. The molecule has 1 saturated heterocycles. The van der Waals surface area contributed by atoms with Gasteiger partial charge in [-0.05, 0) is 24.6 Å². The van der Waals surface area contributed by atoms with Crippen LogP contribution in [0.1, 0.15) is 44.7 Å². The van der Waals surface area contributed by atoms with E-state index in [1.165, 1.54) is 0 Å². The van der Waals surface area contributed by atoms with E-state index in [-0.39, 0.29) is 17.6 Å². The first-order valence-corrected chi connectivity index (χ1v) is 15.0. The first-order valence-electron chi connectivity index (χ1n) is 14.1. The van der Waals surface area contributed by atoms with Gasteiger partial charge < -0.3 is 14.6 Å². The molecule has 0 amide bonds. The number of thiazole rings is 1. The second kappa shape index (κ2) is 11.3. The zero-order valence-electron chi connectivity index (χ0n) is 24.0. The molecule has 1 aliphatic heterocycles. The van der Waals surface area contributed by atoms with Crippen molar-refractivity contribution in [3.8, 4) is 11.3 Å². The summed E-state index contributed by atoms with van der Waals surface area (Å²) in [6.07, 6.45) is 2.68. The van der Waals surface area contributed by atoms with Crippen LogP contribution in [0, 0.1) is 0 Å². The lowest BCUT2D eigenvalue weighted by Gasteiger charge is -2.33. The van der Waals surface area contributed by atoms with E-state index >= 15 is 0 Å². The van der Waals surface area contributed by atoms with Crippen LogP contribution in [0.15, 0.2) is 53.2 Å². The van der Waals surface area contributed by atoms with Gasteiger partial charge in [-0.3, -0.25) is 14.1 Å². The number of pyridine rings is 1. The van der Waals surface area contributed by atoms with E-state index in [2.05, 4.69) is 59.7 Å². The van der Waals surface area contributed by atoms with Gasteiger partial charge in [-0.2, -0.15) is 0 Å². The Morgan fingerprint density at radius 2 is 1.95 bits per heavy atom. The van der Waals surface area contributed by atoms with E-state index in [1.54, 1.807) is 11.3 Å². The fraction of sp³-hybridized carbons (Fsp3) is 0.419. The molecule has 0 aliphatic carbocycles. The lowest BCUT2D eigenvalue weighted by molar-refractivity contribution is -0.117. The Balaban J connectivity index is 1.08. The van der Waals surface area contributed by atoms with Crippen LogP contribution < -0.4 is 5.32 Å². The molecule has 1 aromatic carbocycles. The zero-order chi connectivity index (χ0) is 28.6. The third-order valence-corrected chi connectivity index (χ3v) is 8.46. The minimum atomic E-state index is -0.128. The molecule has 0 radical (unpaired) electrons. The van der Waals surface area contributed by atoms with Crippen LogP contribution in [0.5, 0.6) is 0 Å². The van der Waals surface area contributed by atoms with Gasteiger partial charge in [0.15, 0.2) is 4.96 Å². The average molecular weight is 573 g/mol. The van der Waals surface area contributed by atoms with Gasteiger partial charge in [-0.1, -0.05) is 61.5 Å². The van der Waals surface area contributed by atoms with Crippen molar-refractivity contribution in [2.45, 2.75) is 52.0 Å². The number of Topliss-reactive ketones (excluding diaryl/α,β-unsaturated/α-hetero) is 1. The lowest BCUT2D eigenvalue weighted by Crippen LogP contribution is -2.45. The van der Waals surface area contributed by atoms with E-state index in [0.717, 1.165) is 76.6 Å². The van der Waals surface area contributed by atoms with Gasteiger partial charge in [0.1, 0.15) is 22.2 Å². The number of benzene rings is 1. The van der Waals surface area contributed by atoms with Crippen LogP contribution in [0.4, 0.5) is 5.82 Å². The third kappa shape index (κ3) is 6.19. The second-order valence-electron chi connectivity index (χ2n) is 11.8. The van der Waals surface area contributed by atoms with Crippen LogP contribution in [-0.2, 0) is 27.8 Å². The number of rotatable bonds is 9. The molecule has 0 bridgehead atoms. The number of fused-ring (bicyclic) bond motifs is 3. The number of hydrogen-bond acceptors (Lipinski definition) is 9. The van der Waals surface area contributed by atoms with Crippen molar-refractivity contribution in [1.29, 1.82) is 0 Å². The van der Waals surface area contributed by atoms with E-state index in [4.69, 9.17) is 19.2 Å². The summed E-state index contributed by atoms with van der Waals surface area (Å²) >= 11 is 1.58. The molecule has 9 nitrogen and oxygen atoms in total. The molecule has 1 atom stereocenters. The summed E-state index contributed by atoms with van der Waals surface area (Å²) in [7, 11) is 0. The van der Waals surface area contributed by atoms with Crippen molar-refractivity contribution >= 4 is 38.2 Å². The van der Waals surface area contributed by atoms with Crippen molar-refractivity contribution in [3.05, 3.63) is 65.7 Å². The summed E-state index contributed by atoms with van der Waals surface area (Å²) in [4.78, 5) is 26.7. The van der Waals surface area contributed by atoms with Crippen LogP contribution in [0.25, 0.3) is 26.6 Å². The largest absolute Gasteiger partial charge is 0.379 e. The Labute approximate surface area is 243 Å². The molecule has 0 saturated carbocycles. The van der Waals surface area contributed by atoms with Gasteiger partial charge in [0.25, 0.3) is 0 Å². The highest BCUT2D eigenvalue weighted by Gasteiger charge is 2.21. The van der Waals surface area contributed by atoms with Crippen LogP contribution in [0.2, 0.25) is 0 Å². The molecule has 0 unspecified atom stereocenters. The highest BCUT2D eigenvalue weighted by Crippen LogP contribution is 2.29. The lowest BCUT2D eigenvalue weighted by atomic mass is 9.93. The molecule has 0 spiro atoms. The summed E-state index contributed by atoms with van der Waals surface area (Å²) in [5, 5.41) is 7.54. The van der Waals surface area contributed by atoms with Crippen molar-refractivity contribution in [3.63, 3.8) is 0 Å². The Kier molecular flexibility index (Phi) is 7.63. The maximum absolute atomic E-state index is 12.7. The first kappa shape index (κ1) is 27.6. The number of hydrogen-bond donors (Lipinski definition) is 1. The second-order valence-corrected chi connectivity index (χ2v) is 12.8. The molecule has 1 aliphatic rings. The molecule has 5 aromatic rings. The van der Waals surface area contributed by atoms with Gasteiger partial charge in [0.05, 0.1) is 36.5 Å². The zero-order valence-corrected chi connectivity index (χ0v) is 24.8. The monoisotopic (exact) mass is 572 g/mol. The number of ether oxygens (including phenoxy) is 1. The van der Waals surface area contributed by atoms with Gasteiger partial charge in [-0.25, -0.2) is 9.97 Å². The summed E-state index contributed by atoms with van der Waals surface area (Å²) in [5.41, 5.74) is 4.48. The van der Waals surface area contributed by atoms with Crippen molar-refractivity contribution in [2.75, 3.05) is 38.2 Å². The Morgan fingerprint density at radius 1 is 1.12 bits per heavy atom. The molecular weight excluding hydrogens is 536 g/mol. The molecule has 6 rings (SSSR count). The number of ketones is 1. The summed E-state index contributed by atoms with van der Waals surface area (Å²) < 4.78 is 13.0. The maximum Gasteiger partial charge on any atom is 0.196 e. The van der Waals surface area contributed by atoms with E-state index in [0.29, 0.717) is 18.2 Å². The molecule has 1 fully saturated rings. The minimum Gasteiger partial charge on any atom is -0.379 e. The van der Waals surface area contributed by atoms with Gasteiger partial charge in [-0.15, -0.1) is 0 Å². The fourth-order valence-corrected chi connectivity index (χ4v) is 6.06. The number of carbonyl (C=O) groups excluding carboxylic acids is 1. The maximum atomic E-state index is 12.7. The minimum absolute atomic E-state index is 0.109. The van der Waals surface area contributed by atoms with E-state index in [9.17, 15) is 4.79 Å². The Morgan fingerprint density at radius 3 is 2.71 bits per heavy atom. The number of morpholine rings is 1. The SMILES string of the molecule is C[C@@H]1COCCN1CCNc1ccc2c(n1)sc1nc(-c3ccc(CC(=O)Cc4cc(C(C)(C)C)on4)cc3)cn12. The molecule has 1 N–H and O–H groups in total. The van der Waals surface area contributed by atoms with E-state index in [1.807, 2.05) is 36.4 Å². The number of carbonyl (C=O) groups is 1. The molecule has 4 aromatic heterocycles. The van der Waals surface area contributed by atoms with Crippen molar-refractivity contribution in [2.24, 2.45) is 0 Å². The number of aromatic nitrogens is 4. The van der Waals surface area contributed by atoms with Gasteiger partial charge in [0, 0.05) is 55.3 Å². The van der Waals surface area contributed by atoms with E-state index < -0.39 is 0 Å². The standard InChI is InChI=1S/C31H36N6O3S/c1-20-19-39-14-13-36(20)12-11-32-28-10-9-26-29(34-28)41-30-33-25(18-37(26)30)22-7-5-21(6-8-22)15-24(38)16-23-17-27(40-35-23)31(2,3)4/h5-10,17-18,20H,11-16,19H2,1-4H3,(H,32,34)/t20-/m1/s1.